The van der Waals surface area contributed by atoms with E-state index in [4.69, 9.17) is 4.74 Å². The summed E-state index contributed by atoms with van der Waals surface area (Å²) < 4.78 is 5.30. The zero-order valence-electron chi connectivity index (χ0n) is 14.4. The number of morpholine rings is 1. The second-order valence-electron chi connectivity index (χ2n) is 6.76. The molecular formula is C19H26N2O3. The minimum absolute atomic E-state index is 0.0612. The molecule has 0 bridgehead atoms. The molecule has 0 aliphatic carbocycles. The van der Waals surface area contributed by atoms with Gasteiger partial charge in [-0.1, -0.05) is 29.8 Å². The van der Waals surface area contributed by atoms with E-state index in [0.29, 0.717) is 45.8 Å². The standard InChI is InChI=1S/C19H26N2O3/c1-15-3-2-4-16(13-15)14-18(22)20-7-5-17(6-8-20)19(23)21-9-11-24-12-10-21/h2-4,13,17H,5-12,14H2,1H3. The number of nitrogens with zero attached hydrogens (tertiary/aromatic N) is 2. The van der Waals surface area contributed by atoms with Crippen LogP contribution in [-0.4, -0.2) is 61.0 Å². The van der Waals surface area contributed by atoms with Crippen molar-refractivity contribution < 1.29 is 14.3 Å². The highest BCUT2D eigenvalue weighted by molar-refractivity contribution is 5.81. The Labute approximate surface area is 143 Å². The lowest BCUT2D eigenvalue weighted by Gasteiger charge is -2.35. The molecule has 130 valence electrons. The van der Waals surface area contributed by atoms with Crippen LogP contribution in [0.2, 0.25) is 0 Å². The number of hydrogen-bond acceptors (Lipinski definition) is 3. The van der Waals surface area contributed by atoms with E-state index in [1.807, 2.05) is 34.9 Å². The van der Waals surface area contributed by atoms with Gasteiger partial charge in [-0.15, -0.1) is 0 Å². The van der Waals surface area contributed by atoms with Gasteiger partial charge in [0.2, 0.25) is 11.8 Å². The molecule has 2 aliphatic rings. The molecule has 2 saturated heterocycles. The maximum absolute atomic E-state index is 12.5. The summed E-state index contributed by atoms with van der Waals surface area (Å²) in [7, 11) is 0. The number of carbonyl (C=O) groups is 2. The van der Waals surface area contributed by atoms with Crippen LogP contribution in [0, 0.1) is 12.8 Å². The summed E-state index contributed by atoms with van der Waals surface area (Å²) in [5.74, 6) is 0.466. The Bertz CT molecular complexity index is 588. The van der Waals surface area contributed by atoms with Crippen molar-refractivity contribution in [3.8, 4) is 0 Å². The van der Waals surface area contributed by atoms with Crippen molar-refractivity contribution in [3.63, 3.8) is 0 Å². The van der Waals surface area contributed by atoms with Crippen molar-refractivity contribution >= 4 is 11.8 Å². The van der Waals surface area contributed by atoms with Gasteiger partial charge in [-0.2, -0.15) is 0 Å². The first-order valence-corrected chi connectivity index (χ1v) is 8.83. The number of benzene rings is 1. The number of likely N-dealkylation sites (tertiary alicyclic amines) is 1. The predicted octanol–water partition coefficient (Wildman–Crippen LogP) is 1.63. The fraction of sp³-hybridized carbons (Fsp3) is 0.579. The van der Waals surface area contributed by atoms with Crippen LogP contribution in [0.5, 0.6) is 0 Å². The Morgan fingerprint density at radius 3 is 2.46 bits per heavy atom. The van der Waals surface area contributed by atoms with Gasteiger partial charge < -0.3 is 14.5 Å². The maximum atomic E-state index is 12.5. The minimum Gasteiger partial charge on any atom is -0.378 e. The van der Waals surface area contributed by atoms with Gasteiger partial charge in [-0.3, -0.25) is 9.59 Å². The molecule has 2 aliphatic heterocycles. The molecule has 5 heteroatoms. The summed E-state index contributed by atoms with van der Waals surface area (Å²) in [6.07, 6.45) is 2.00. The van der Waals surface area contributed by atoms with E-state index in [9.17, 15) is 9.59 Å². The monoisotopic (exact) mass is 330 g/mol. The zero-order valence-corrected chi connectivity index (χ0v) is 14.4. The van der Waals surface area contributed by atoms with E-state index in [-0.39, 0.29) is 17.7 Å². The SMILES string of the molecule is Cc1cccc(CC(=O)N2CCC(C(=O)N3CCOCC3)CC2)c1. The predicted molar refractivity (Wildman–Crippen MR) is 91.6 cm³/mol. The van der Waals surface area contributed by atoms with Gasteiger partial charge in [-0.25, -0.2) is 0 Å². The molecule has 1 aromatic rings. The molecular weight excluding hydrogens is 304 g/mol. The molecule has 0 unspecified atom stereocenters. The van der Waals surface area contributed by atoms with E-state index in [1.165, 1.54) is 5.56 Å². The van der Waals surface area contributed by atoms with Crippen molar-refractivity contribution in [1.29, 1.82) is 0 Å². The van der Waals surface area contributed by atoms with Crippen LogP contribution in [0.25, 0.3) is 0 Å². The van der Waals surface area contributed by atoms with Crippen LogP contribution in [0.1, 0.15) is 24.0 Å². The third-order valence-corrected chi connectivity index (χ3v) is 4.96. The summed E-state index contributed by atoms with van der Waals surface area (Å²) in [6.45, 7) is 6.09. The molecule has 0 spiro atoms. The Balaban J connectivity index is 1.49. The van der Waals surface area contributed by atoms with E-state index in [2.05, 4.69) is 6.07 Å². The van der Waals surface area contributed by atoms with Crippen LogP contribution >= 0.6 is 0 Å². The molecule has 0 N–H and O–H groups in total. The number of carbonyl (C=O) groups excluding carboxylic acids is 2. The highest BCUT2D eigenvalue weighted by atomic mass is 16.5. The average Bonchev–Trinajstić information content (AvgIpc) is 2.62. The Kier molecular flexibility index (Phi) is 5.51. The van der Waals surface area contributed by atoms with E-state index < -0.39 is 0 Å². The van der Waals surface area contributed by atoms with Crippen LogP contribution in [0.3, 0.4) is 0 Å². The van der Waals surface area contributed by atoms with Gasteiger partial charge in [0.15, 0.2) is 0 Å². The van der Waals surface area contributed by atoms with Crippen molar-refractivity contribution in [2.75, 3.05) is 39.4 Å². The third kappa shape index (κ3) is 4.15. The molecule has 3 rings (SSSR count). The van der Waals surface area contributed by atoms with Gasteiger partial charge in [0.1, 0.15) is 0 Å². The quantitative estimate of drug-likeness (QED) is 0.846. The van der Waals surface area contributed by atoms with Gasteiger partial charge in [0.25, 0.3) is 0 Å². The molecule has 24 heavy (non-hydrogen) atoms. The molecule has 2 fully saturated rings. The summed E-state index contributed by atoms with van der Waals surface area (Å²) in [6, 6.07) is 8.09. The largest absolute Gasteiger partial charge is 0.378 e. The number of ether oxygens (including phenoxy) is 1. The summed E-state index contributed by atoms with van der Waals surface area (Å²) in [4.78, 5) is 28.8. The molecule has 0 atom stereocenters. The van der Waals surface area contributed by atoms with Gasteiger partial charge in [0.05, 0.1) is 19.6 Å². The summed E-state index contributed by atoms with van der Waals surface area (Å²) >= 11 is 0. The Hall–Kier alpha value is -1.88. The fourth-order valence-electron chi connectivity index (χ4n) is 3.53. The van der Waals surface area contributed by atoms with Crippen molar-refractivity contribution in [2.45, 2.75) is 26.2 Å². The minimum atomic E-state index is 0.0612. The first kappa shape index (κ1) is 17.0. The molecule has 1 aromatic carbocycles. The second kappa shape index (κ2) is 7.79. The first-order valence-electron chi connectivity index (χ1n) is 8.83. The van der Waals surface area contributed by atoms with Crippen LogP contribution in [0.15, 0.2) is 24.3 Å². The molecule has 5 nitrogen and oxygen atoms in total. The molecule has 2 heterocycles. The van der Waals surface area contributed by atoms with E-state index in [0.717, 1.165) is 18.4 Å². The van der Waals surface area contributed by atoms with E-state index in [1.54, 1.807) is 0 Å². The van der Waals surface area contributed by atoms with E-state index >= 15 is 0 Å². The number of hydrogen-bond donors (Lipinski definition) is 0. The third-order valence-electron chi connectivity index (χ3n) is 4.96. The highest BCUT2D eigenvalue weighted by Gasteiger charge is 2.30. The van der Waals surface area contributed by atoms with Crippen LogP contribution in [-0.2, 0) is 20.7 Å². The lowest BCUT2D eigenvalue weighted by molar-refractivity contribution is -0.143. The molecule has 0 radical (unpaired) electrons. The maximum Gasteiger partial charge on any atom is 0.226 e. The number of amides is 2. The van der Waals surface area contributed by atoms with Crippen molar-refractivity contribution in [2.24, 2.45) is 5.92 Å². The second-order valence-corrected chi connectivity index (χ2v) is 6.76. The average molecular weight is 330 g/mol. The topological polar surface area (TPSA) is 49.9 Å². The number of aryl methyl sites for hydroxylation is 1. The lowest BCUT2D eigenvalue weighted by atomic mass is 9.94. The van der Waals surface area contributed by atoms with Gasteiger partial charge in [0, 0.05) is 32.1 Å². The first-order chi connectivity index (χ1) is 11.6. The number of piperidine rings is 1. The molecule has 0 saturated carbocycles. The highest BCUT2D eigenvalue weighted by Crippen LogP contribution is 2.21. The Morgan fingerprint density at radius 2 is 1.79 bits per heavy atom. The zero-order chi connectivity index (χ0) is 16.9. The van der Waals surface area contributed by atoms with Crippen molar-refractivity contribution in [3.05, 3.63) is 35.4 Å². The normalized spacial score (nSPS) is 19.4. The molecule has 0 aromatic heterocycles. The smallest absolute Gasteiger partial charge is 0.226 e. The van der Waals surface area contributed by atoms with Gasteiger partial charge in [-0.05, 0) is 25.3 Å². The van der Waals surface area contributed by atoms with Crippen LogP contribution in [0.4, 0.5) is 0 Å². The number of rotatable bonds is 3. The summed E-state index contributed by atoms with van der Waals surface area (Å²) in [5.41, 5.74) is 2.24. The lowest BCUT2D eigenvalue weighted by Crippen LogP contribution is -2.47. The fourth-order valence-corrected chi connectivity index (χ4v) is 3.53. The Morgan fingerprint density at radius 1 is 1.08 bits per heavy atom. The van der Waals surface area contributed by atoms with Gasteiger partial charge >= 0.3 is 0 Å². The van der Waals surface area contributed by atoms with Crippen molar-refractivity contribution in [1.82, 2.24) is 9.80 Å². The van der Waals surface area contributed by atoms with Crippen LogP contribution < -0.4 is 0 Å². The summed E-state index contributed by atoms with van der Waals surface area (Å²) in [5, 5.41) is 0. The molecule has 2 amide bonds.